The molecule has 1 amide bonds. The summed E-state index contributed by atoms with van der Waals surface area (Å²) < 4.78 is 0.919. The Morgan fingerprint density at radius 3 is 2.52 bits per heavy atom. The minimum atomic E-state index is -0.238. The highest BCUT2D eigenvalue weighted by Crippen LogP contribution is 2.35. The standard InChI is InChI=1S/C20H16BrN3O/c21-15-10-11-18(22-12-15)23-19-16-8-4-5-9-17(16)20(25)24(19)13-14-6-2-1-3-7-14/h1-12,19H,13H2,(H,22,23). The Hall–Kier alpha value is -2.66. The second-order valence-electron chi connectivity index (χ2n) is 5.91. The molecule has 4 rings (SSSR count). The maximum Gasteiger partial charge on any atom is 0.256 e. The van der Waals surface area contributed by atoms with Crippen molar-refractivity contribution in [2.24, 2.45) is 0 Å². The highest BCUT2D eigenvalue weighted by atomic mass is 79.9. The second-order valence-corrected chi connectivity index (χ2v) is 6.83. The van der Waals surface area contributed by atoms with Gasteiger partial charge in [-0.15, -0.1) is 0 Å². The molecule has 25 heavy (non-hydrogen) atoms. The molecule has 0 bridgehead atoms. The topological polar surface area (TPSA) is 45.2 Å². The Bertz CT molecular complexity index is 896. The molecule has 1 aliphatic rings. The van der Waals surface area contributed by atoms with Crippen LogP contribution in [0.2, 0.25) is 0 Å². The van der Waals surface area contributed by atoms with Crippen LogP contribution in [0.3, 0.4) is 0 Å². The van der Waals surface area contributed by atoms with E-state index in [2.05, 4.69) is 26.2 Å². The average molecular weight is 394 g/mol. The number of pyridine rings is 1. The Morgan fingerprint density at radius 2 is 1.76 bits per heavy atom. The number of anilines is 1. The van der Waals surface area contributed by atoms with E-state index in [0.717, 1.165) is 27.0 Å². The van der Waals surface area contributed by atoms with E-state index in [1.165, 1.54) is 0 Å². The van der Waals surface area contributed by atoms with Crippen LogP contribution in [0.15, 0.2) is 77.4 Å². The Labute approximate surface area is 154 Å². The van der Waals surface area contributed by atoms with Gasteiger partial charge in [-0.25, -0.2) is 4.98 Å². The van der Waals surface area contributed by atoms with Crippen molar-refractivity contribution in [2.75, 3.05) is 5.32 Å². The average Bonchev–Trinajstić information content (AvgIpc) is 2.91. The van der Waals surface area contributed by atoms with E-state index in [-0.39, 0.29) is 12.1 Å². The smallest absolute Gasteiger partial charge is 0.256 e. The maximum atomic E-state index is 12.9. The molecule has 0 saturated carbocycles. The molecule has 0 aliphatic carbocycles. The summed E-state index contributed by atoms with van der Waals surface area (Å²) in [4.78, 5) is 19.2. The summed E-state index contributed by atoms with van der Waals surface area (Å²) in [7, 11) is 0. The number of hydrogen-bond acceptors (Lipinski definition) is 3. The fraction of sp³-hybridized carbons (Fsp3) is 0.100. The summed E-state index contributed by atoms with van der Waals surface area (Å²) in [5.41, 5.74) is 2.82. The number of benzene rings is 2. The van der Waals surface area contributed by atoms with Gasteiger partial charge >= 0.3 is 0 Å². The van der Waals surface area contributed by atoms with E-state index < -0.39 is 0 Å². The highest BCUT2D eigenvalue weighted by Gasteiger charge is 2.36. The number of nitrogens with zero attached hydrogens (tertiary/aromatic N) is 2. The third kappa shape index (κ3) is 3.15. The molecule has 1 aliphatic heterocycles. The minimum Gasteiger partial charge on any atom is -0.346 e. The largest absolute Gasteiger partial charge is 0.346 e. The zero-order valence-electron chi connectivity index (χ0n) is 13.4. The first-order valence-electron chi connectivity index (χ1n) is 8.04. The number of halogens is 1. The third-order valence-corrected chi connectivity index (χ3v) is 4.74. The molecule has 0 fully saturated rings. The van der Waals surface area contributed by atoms with E-state index >= 15 is 0 Å². The first-order valence-corrected chi connectivity index (χ1v) is 8.83. The zero-order chi connectivity index (χ0) is 17.2. The molecular weight excluding hydrogens is 378 g/mol. The lowest BCUT2D eigenvalue weighted by molar-refractivity contribution is 0.0728. The van der Waals surface area contributed by atoms with Gasteiger partial charge in [-0.05, 0) is 39.7 Å². The van der Waals surface area contributed by atoms with Crippen LogP contribution in [-0.4, -0.2) is 15.8 Å². The molecule has 3 aromatic rings. The molecule has 1 aromatic heterocycles. The maximum absolute atomic E-state index is 12.9. The fourth-order valence-corrected chi connectivity index (χ4v) is 3.30. The summed E-state index contributed by atoms with van der Waals surface area (Å²) in [6.45, 7) is 0.544. The quantitative estimate of drug-likeness (QED) is 0.703. The van der Waals surface area contributed by atoms with Crippen molar-refractivity contribution in [1.29, 1.82) is 0 Å². The molecule has 0 spiro atoms. The van der Waals surface area contributed by atoms with Gasteiger partial charge < -0.3 is 10.2 Å². The Balaban J connectivity index is 1.68. The van der Waals surface area contributed by atoms with Crippen LogP contribution in [0.1, 0.15) is 27.7 Å². The van der Waals surface area contributed by atoms with Gasteiger partial charge in [-0.2, -0.15) is 0 Å². The number of aromatic nitrogens is 1. The van der Waals surface area contributed by atoms with E-state index in [4.69, 9.17) is 0 Å². The number of fused-ring (bicyclic) bond motifs is 1. The summed E-state index contributed by atoms with van der Waals surface area (Å²) in [6.07, 6.45) is 1.50. The predicted molar refractivity (Wildman–Crippen MR) is 101 cm³/mol. The first kappa shape index (κ1) is 15.8. The van der Waals surface area contributed by atoms with Crippen LogP contribution in [0.4, 0.5) is 5.82 Å². The third-order valence-electron chi connectivity index (χ3n) is 4.27. The predicted octanol–water partition coefficient (Wildman–Crippen LogP) is 4.61. The molecule has 2 heterocycles. The van der Waals surface area contributed by atoms with Gasteiger partial charge in [0.2, 0.25) is 0 Å². The van der Waals surface area contributed by atoms with Gasteiger partial charge in [0.05, 0.1) is 0 Å². The van der Waals surface area contributed by atoms with Crippen molar-refractivity contribution in [2.45, 2.75) is 12.7 Å². The monoisotopic (exact) mass is 393 g/mol. The number of hydrogen-bond donors (Lipinski definition) is 1. The normalized spacial score (nSPS) is 16.0. The second kappa shape index (κ2) is 6.69. The van der Waals surface area contributed by atoms with Gasteiger partial charge in [0.15, 0.2) is 0 Å². The summed E-state index contributed by atoms with van der Waals surface area (Å²) in [6, 6.07) is 21.6. The van der Waals surface area contributed by atoms with Crippen LogP contribution in [0.5, 0.6) is 0 Å². The Kier molecular flexibility index (Phi) is 4.24. The van der Waals surface area contributed by atoms with Crippen LogP contribution in [0, 0.1) is 0 Å². The van der Waals surface area contributed by atoms with Crippen LogP contribution in [0.25, 0.3) is 0 Å². The van der Waals surface area contributed by atoms with Crippen molar-refractivity contribution in [1.82, 2.24) is 9.88 Å². The van der Waals surface area contributed by atoms with Crippen LogP contribution in [-0.2, 0) is 6.54 Å². The molecule has 4 nitrogen and oxygen atoms in total. The van der Waals surface area contributed by atoms with Crippen molar-refractivity contribution in [3.05, 3.63) is 94.1 Å². The van der Waals surface area contributed by atoms with Gasteiger partial charge in [0, 0.05) is 28.3 Å². The molecule has 0 saturated heterocycles. The molecule has 0 radical (unpaired) electrons. The van der Waals surface area contributed by atoms with E-state index in [1.807, 2.05) is 71.6 Å². The van der Waals surface area contributed by atoms with Crippen LogP contribution < -0.4 is 5.32 Å². The SMILES string of the molecule is O=C1c2ccccc2C(Nc2ccc(Br)cn2)N1Cc1ccccc1. The van der Waals surface area contributed by atoms with Gasteiger partial charge in [0.1, 0.15) is 12.0 Å². The fourth-order valence-electron chi connectivity index (χ4n) is 3.07. The minimum absolute atomic E-state index is 0.0362. The van der Waals surface area contributed by atoms with Crippen molar-refractivity contribution < 1.29 is 4.79 Å². The lowest BCUT2D eigenvalue weighted by Gasteiger charge is -2.26. The van der Waals surface area contributed by atoms with Gasteiger partial charge in [-0.1, -0.05) is 48.5 Å². The number of rotatable bonds is 4. The molecular formula is C20H16BrN3O. The van der Waals surface area contributed by atoms with Crippen LogP contribution >= 0.6 is 15.9 Å². The summed E-state index contributed by atoms with van der Waals surface area (Å²) >= 11 is 3.39. The Morgan fingerprint density at radius 1 is 1.00 bits per heavy atom. The number of amides is 1. The lowest BCUT2D eigenvalue weighted by Crippen LogP contribution is -2.32. The van der Waals surface area contributed by atoms with Gasteiger partial charge in [-0.3, -0.25) is 4.79 Å². The molecule has 1 unspecified atom stereocenters. The molecule has 124 valence electrons. The van der Waals surface area contributed by atoms with E-state index in [0.29, 0.717) is 6.54 Å². The summed E-state index contributed by atoms with van der Waals surface area (Å²) in [5, 5.41) is 3.40. The first-order chi connectivity index (χ1) is 12.2. The highest BCUT2D eigenvalue weighted by molar-refractivity contribution is 9.10. The number of carbonyl (C=O) groups excluding carboxylic acids is 1. The summed E-state index contributed by atoms with van der Waals surface area (Å²) in [5.74, 6) is 0.768. The van der Waals surface area contributed by atoms with Crippen molar-refractivity contribution in [3.63, 3.8) is 0 Å². The van der Waals surface area contributed by atoms with Gasteiger partial charge in [0.25, 0.3) is 5.91 Å². The lowest BCUT2D eigenvalue weighted by atomic mass is 10.1. The van der Waals surface area contributed by atoms with Crippen molar-refractivity contribution >= 4 is 27.7 Å². The van der Waals surface area contributed by atoms with Crippen molar-refractivity contribution in [3.8, 4) is 0 Å². The number of nitrogens with one attached hydrogen (secondary N) is 1. The number of carbonyl (C=O) groups is 1. The van der Waals surface area contributed by atoms with E-state index in [9.17, 15) is 4.79 Å². The van der Waals surface area contributed by atoms with E-state index in [1.54, 1.807) is 6.20 Å². The molecule has 5 heteroatoms. The molecule has 2 aromatic carbocycles. The molecule has 1 N–H and O–H groups in total. The molecule has 1 atom stereocenters. The zero-order valence-corrected chi connectivity index (χ0v) is 15.0.